The summed E-state index contributed by atoms with van der Waals surface area (Å²) in [7, 11) is 0. The third-order valence-corrected chi connectivity index (χ3v) is 6.15. The van der Waals surface area contributed by atoms with Gasteiger partial charge in [-0.1, -0.05) is 44.2 Å². The molecule has 1 N–H and O–H groups in total. The van der Waals surface area contributed by atoms with E-state index in [1.54, 1.807) is 6.20 Å². The van der Waals surface area contributed by atoms with Crippen molar-refractivity contribution < 1.29 is 4.79 Å². The highest BCUT2D eigenvalue weighted by molar-refractivity contribution is 6.07. The van der Waals surface area contributed by atoms with Gasteiger partial charge in [-0.15, -0.1) is 12.4 Å². The fraction of sp³-hybridized carbons (Fsp3) is 0.385. The van der Waals surface area contributed by atoms with Crippen molar-refractivity contribution in [1.82, 2.24) is 4.90 Å². The molecular weight excluding hydrogens is 420 g/mol. The van der Waals surface area contributed by atoms with Gasteiger partial charge in [0.05, 0.1) is 0 Å². The fourth-order valence-corrected chi connectivity index (χ4v) is 4.07. The highest BCUT2D eigenvalue weighted by Gasteiger charge is 2.20. The minimum absolute atomic E-state index is 0. The number of amides is 1. The molecule has 2 aromatic carbocycles. The van der Waals surface area contributed by atoms with Crippen LogP contribution in [0.4, 0.5) is 11.4 Å². The van der Waals surface area contributed by atoms with Crippen molar-refractivity contribution in [1.29, 1.82) is 5.26 Å². The van der Waals surface area contributed by atoms with Crippen molar-refractivity contribution in [3.8, 4) is 6.07 Å². The van der Waals surface area contributed by atoms with Crippen molar-refractivity contribution in [2.24, 2.45) is 0 Å². The number of para-hydroxylation sites is 1. The summed E-state index contributed by atoms with van der Waals surface area (Å²) in [5.41, 5.74) is 7.04. The van der Waals surface area contributed by atoms with Crippen LogP contribution >= 0.6 is 12.4 Å². The van der Waals surface area contributed by atoms with E-state index in [4.69, 9.17) is 0 Å². The molecule has 0 atom stereocenters. The van der Waals surface area contributed by atoms with Gasteiger partial charge in [0, 0.05) is 43.8 Å². The lowest BCUT2D eigenvalue weighted by Gasteiger charge is -2.36. The molecule has 1 aliphatic heterocycles. The van der Waals surface area contributed by atoms with Gasteiger partial charge >= 0.3 is 0 Å². The van der Waals surface area contributed by atoms with E-state index in [1.807, 2.05) is 18.2 Å². The largest absolute Gasteiger partial charge is 0.373 e. The van der Waals surface area contributed by atoms with Crippen LogP contribution in [0.15, 0.2) is 48.2 Å². The summed E-state index contributed by atoms with van der Waals surface area (Å²) in [6.07, 6.45) is 3.38. The van der Waals surface area contributed by atoms with E-state index < -0.39 is 0 Å². The fourth-order valence-electron chi connectivity index (χ4n) is 4.07. The molecule has 0 aromatic heterocycles. The second kappa shape index (κ2) is 11.6. The lowest BCUT2D eigenvalue weighted by Crippen LogP contribution is -2.44. The van der Waals surface area contributed by atoms with Crippen LogP contribution < -0.4 is 10.2 Å². The molecule has 32 heavy (non-hydrogen) atoms. The maximum Gasteiger partial charge on any atom is 0.267 e. The van der Waals surface area contributed by atoms with E-state index >= 15 is 0 Å². The summed E-state index contributed by atoms with van der Waals surface area (Å²) in [4.78, 5) is 17.3. The summed E-state index contributed by atoms with van der Waals surface area (Å²) in [5, 5.41) is 12.6. The lowest BCUT2D eigenvalue weighted by molar-refractivity contribution is -0.112. The third kappa shape index (κ3) is 5.63. The van der Waals surface area contributed by atoms with E-state index in [2.05, 4.69) is 67.1 Å². The first-order valence-corrected chi connectivity index (χ1v) is 11.1. The number of rotatable bonds is 6. The Labute approximate surface area is 198 Å². The van der Waals surface area contributed by atoms with Crippen LogP contribution in [0.3, 0.4) is 0 Å². The van der Waals surface area contributed by atoms with Crippen LogP contribution in [-0.4, -0.2) is 37.0 Å². The lowest BCUT2D eigenvalue weighted by atomic mass is 10.0. The number of halogens is 1. The summed E-state index contributed by atoms with van der Waals surface area (Å²) in [6.45, 7) is 11.7. The highest BCUT2D eigenvalue weighted by atomic mass is 35.5. The summed E-state index contributed by atoms with van der Waals surface area (Å²) in [5.74, 6) is -0.338. The number of aryl methyl sites for hydroxylation is 3. The molecule has 0 spiro atoms. The van der Waals surface area contributed by atoms with Crippen LogP contribution in [0.1, 0.15) is 36.1 Å². The molecular formula is C26H33ClN4O. The van der Waals surface area contributed by atoms with Gasteiger partial charge in [-0.2, -0.15) is 5.26 Å². The minimum Gasteiger partial charge on any atom is -0.373 e. The molecule has 1 heterocycles. The summed E-state index contributed by atoms with van der Waals surface area (Å²) < 4.78 is 0. The van der Waals surface area contributed by atoms with E-state index in [1.165, 1.54) is 16.8 Å². The van der Waals surface area contributed by atoms with E-state index in [9.17, 15) is 10.1 Å². The van der Waals surface area contributed by atoms with Crippen molar-refractivity contribution in [3.63, 3.8) is 0 Å². The number of nitriles is 1. The third-order valence-electron chi connectivity index (χ3n) is 6.15. The molecule has 1 aliphatic rings. The molecule has 2 aromatic rings. The molecule has 0 unspecified atom stereocenters. The average Bonchev–Trinajstić information content (AvgIpc) is 2.79. The predicted octanol–water partition coefficient (Wildman–Crippen LogP) is 5.02. The van der Waals surface area contributed by atoms with Crippen molar-refractivity contribution in [3.05, 3.63) is 70.4 Å². The van der Waals surface area contributed by atoms with Crippen LogP contribution in [0.25, 0.3) is 0 Å². The Morgan fingerprint density at radius 3 is 2.19 bits per heavy atom. The molecule has 0 radical (unpaired) electrons. The van der Waals surface area contributed by atoms with Gasteiger partial charge in [0.15, 0.2) is 0 Å². The Morgan fingerprint density at radius 1 is 1.03 bits per heavy atom. The van der Waals surface area contributed by atoms with E-state index in [-0.39, 0.29) is 23.9 Å². The van der Waals surface area contributed by atoms with Crippen LogP contribution in [0.5, 0.6) is 0 Å². The maximum absolute atomic E-state index is 12.9. The molecule has 1 saturated heterocycles. The standard InChI is InChI=1S/C26H32N4O.ClH/c1-5-21-10-8-11-22(6-2)25(21)28-26(31)23(17-27)18-29-13-15-30(16-14-29)24-12-7-9-19(3)20(24)4;/h7-12,18H,5-6,13-16H2,1-4H3,(H,28,31);1H/b23-18-;. The van der Waals surface area contributed by atoms with Gasteiger partial charge in [0.25, 0.3) is 5.91 Å². The Kier molecular flexibility index (Phi) is 9.16. The first kappa shape index (κ1) is 25.3. The zero-order valence-corrected chi connectivity index (χ0v) is 20.3. The highest BCUT2D eigenvalue weighted by Crippen LogP contribution is 2.25. The Bertz CT molecular complexity index is 995. The smallest absolute Gasteiger partial charge is 0.267 e. The topological polar surface area (TPSA) is 59.4 Å². The van der Waals surface area contributed by atoms with Crippen molar-refractivity contribution in [2.45, 2.75) is 40.5 Å². The Hall–Kier alpha value is -2.97. The van der Waals surface area contributed by atoms with Crippen molar-refractivity contribution in [2.75, 3.05) is 36.4 Å². The molecule has 6 heteroatoms. The monoisotopic (exact) mass is 452 g/mol. The number of hydrogen-bond acceptors (Lipinski definition) is 4. The minimum atomic E-state index is -0.338. The Balaban J connectivity index is 0.00000363. The van der Waals surface area contributed by atoms with Gasteiger partial charge in [-0.3, -0.25) is 4.79 Å². The van der Waals surface area contributed by atoms with Gasteiger partial charge in [0.1, 0.15) is 11.6 Å². The van der Waals surface area contributed by atoms with Crippen LogP contribution in [0, 0.1) is 25.2 Å². The molecule has 5 nitrogen and oxygen atoms in total. The van der Waals surface area contributed by atoms with Gasteiger partial charge < -0.3 is 15.1 Å². The first-order valence-electron chi connectivity index (χ1n) is 11.1. The molecule has 3 rings (SSSR count). The molecule has 0 aliphatic carbocycles. The number of piperazine rings is 1. The second-order valence-corrected chi connectivity index (χ2v) is 8.01. The predicted molar refractivity (Wildman–Crippen MR) is 134 cm³/mol. The molecule has 0 saturated carbocycles. The number of benzene rings is 2. The molecule has 1 fully saturated rings. The van der Waals surface area contributed by atoms with E-state index in [0.29, 0.717) is 0 Å². The first-order chi connectivity index (χ1) is 15.0. The SMILES string of the molecule is CCc1cccc(CC)c1NC(=O)/C(C#N)=C\N1CCN(c2cccc(C)c2C)CC1.Cl. The van der Waals surface area contributed by atoms with Crippen molar-refractivity contribution >= 4 is 29.7 Å². The number of carbonyl (C=O) groups is 1. The zero-order chi connectivity index (χ0) is 22.4. The summed E-state index contributed by atoms with van der Waals surface area (Å²) in [6, 6.07) is 14.6. The molecule has 170 valence electrons. The summed E-state index contributed by atoms with van der Waals surface area (Å²) >= 11 is 0. The number of carbonyl (C=O) groups excluding carboxylic acids is 1. The normalized spacial score (nSPS) is 13.9. The van der Waals surface area contributed by atoms with Crippen LogP contribution in [-0.2, 0) is 17.6 Å². The number of nitrogens with zero attached hydrogens (tertiary/aromatic N) is 3. The number of nitrogens with one attached hydrogen (secondary N) is 1. The number of hydrogen-bond donors (Lipinski definition) is 1. The van der Waals surface area contributed by atoms with Gasteiger partial charge in [-0.25, -0.2) is 0 Å². The quantitative estimate of drug-likeness (QED) is 0.494. The maximum atomic E-state index is 12.9. The van der Waals surface area contributed by atoms with Gasteiger partial charge in [0.2, 0.25) is 0 Å². The Morgan fingerprint density at radius 2 is 1.62 bits per heavy atom. The van der Waals surface area contributed by atoms with Gasteiger partial charge in [-0.05, 0) is 55.0 Å². The zero-order valence-electron chi connectivity index (χ0n) is 19.4. The van der Waals surface area contributed by atoms with E-state index in [0.717, 1.165) is 55.8 Å². The second-order valence-electron chi connectivity index (χ2n) is 8.01. The van der Waals surface area contributed by atoms with Crippen LogP contribution in [0.2, 0.25) is 0 Å². The molecule has 1 amide bonds. The number of anilines is 2. The average molecular weight is 453 g/mol. The molecule has 0 bridgehead atoms.